The summed E-state index contributed by atoms with van der Waals surface area (Å²) in [5.74, 6) is -0.307. The van der Waals surface area contributed by atoms with E-state index in [1.165, 1.54) is 0 Å². The van der Waals surface area contributed by atoms with E-state index in [-0.39, 0.29) is 41.1 Å². The third-order valence-electron chi connectivity index (χ3n) is 4.41. The third-order valence-corrected chi connectivity index (χ3v) is 5.74. The second-order valence-electron chi connectivity index (χ2n) is 8.47. The molecule has 11 heteroatoms. The van der Waals surface area contributed by atoms with Crippen LogP contribution in [0.2, 0.25) is 0 Å². The predicted molar refractivity (Wildman–Crippen MR) is 118 cm³/mol. The molecule has 2 amide bonds. The number of rotatable bonds is 8. The summed E-state index contributed by atoms with van der Waals surface area (Å²) < 4.78 is 32.8. The SMILES string of the molecule is CN/C(=C(/NC(=O)NS(=O)(=O)/C(C=N)=C1/NCC(C)(C)CO1)C(=N)C(C)C)C(C)C. The summed E-state index contributed by atoms with van der Waals surface area (Å²) in [6.45, 7) is 12.0. The zero-order valence-electron chi connectivity index (χ0n) is 18.7. The van der Waals surface area contributed by atoms with Gasteiger partial charge < -0.3 is 31.5 Å². The van der Waals surface area contributed by atoms with Gasteiger partial charge in [0, 0.05) is 30.9 Å². The Balaban J connectivity index is 3.16. The number of carbonyl (C=O) groups is 1. The summed E-state index contributed by atoms with van der Waals surface area (Å²) in [7, 11) is -2.71. The topological polar surface area (TPSA) is 156 Å². The standard InChI is InChI=1S/C19H34N6O4S/c1-11(2)14(21)16(15(22-7)12(3)4)24-18(26)25-30(27,28)13(8-20)17-23-9-19(5,6)10-29-17/h8,11-12,20-23H,9-10H2,1-7H3,(H2,24,25,26)/b16-15+,17-13-,20-8?,21-14?. The van der Waals surface area contributed by atoms with Crippen LogP contribution in [0.1, 0.15) is 41.5 Å². The van der Waals surface area contributed by atoms with Crippen molar-refractivity contribution < 1.29 is 17.9 Å². The molecule has 1 aliphatic rings. The van der Waals surface area contributed by atoms with Crippen LogP contribution in [-0.2, 0) is 14.8 Å². The van der Waals surface area contributed by atoms with Crippen molar-refractivity contribution in [2.45, 2.75) is 41.5 Å². The lowest BCUT2D eigenvalue weighted by Crippen LogP contribution is -2.45. The van der Waals surface area contributed by atoms with Crippen LogP contribution < -0.4 is 20.7 Å². The van der Waals surface area contributed by atoms with Crippen LogP contribution in [0.3, 0.4) is 0 Å². The molecule has 10 nitrogen and oxygen atoms in total. The van der Waals surface area contributed by atoms with Crippen molar-refractivity contribution in [2.75, 3.05) is 20.2 Å². The van der Waals surface area contributed by atoms with Gasteiger partial charge in [-0.15, -0.1) is 0 Å². The van der Waals surface area contributed by atoms with Gasteiger partial charge in [-0.1, -0.05) is 41.5 Å². The van der Waals surface area contributed by atoms with Crippen LogP contribution in [-0.4, -0.2) is 46.6 Å². The number of hydrogen-bond acceptors (Lipinski definition) is 8. The van der Waals surface area contributed by atoms with Crippen molar-refractivity contribution in [1.29, 1.82) is 10.8 Å². The second kappa shape index (κ2) is 9.96. The van der Waals surface area contributed by atoms with Crippen molar-refractivity contribution in [2.24, 2.45) is 17.3 Å². The van der Waals surface area contributed by atoms with Crippen LogP contribution in [0.25, 0.3) is 0 Å². The number of hydrogen-bond donors (Lipinski definition) is 6. The Labute approximate surface area is 179 Å². The highest BCUT2D eigenvalue weighted by Gasteiger charge is 2.31. The van der Waals surface area contributed by atoms with Crippen molar-refractivity contribution in [1.82, 2.24) is 20.7 Å². The Bertz CT molecular complexity index is 844. The molecule has 1 rings (SSSR count). The van der Waals surface area contributed by atoms with Gasteiger partial charge in [0.25, 0.3) is 10.0 Å². The van der Waals surface area contributed by atoms with Gasteiger partial charge in [-0.05, 0) is 11.8 Å². The monoisotopic (exact) mass is 442 g/mol. The first-order valence-electron chi connectivity index (χ1n) is 9.71. The van der Waals surface area contributed by atoms with E-state index in [0.29, 0.717) is 18.5 Å². The van der Waals surface area contributed by atoms with Crippen LogP contribution in [0.5, 0.6) is 0 Å². The molecule has 0 bridgehead atoms. The number of ether oxygens (including phenoxy) is 1. The molecule has 0 aromatic rings. The quantitative estimate of drug-likeness (QED) is 0.315. The van der Waals surface area contributed by atoms with E-state index < -0.39 is 21.0 Å². The van der Waals surface area contributed by atoms with E-state index >= 15 is 0 Å². The molecule has 1 fully saturated rings. The van der Waals surface area contributed by atoms with Gasteiger partial charge in [0.2, 0.25) is 5.88 Å². The van der Waals surface area contributed by atoms with Gasteiger partial charge in [0.1, 0.15) is 0 Å². The summed E-state index contributed by atoms with van der Waals surface area (Å²) in [5, 5.41) is 24.1. The lowest BCUT2D eigenvalue weighted by molar-refractivity contribution is 0.0621. The van der Waals surface area contributed by atoms with Crippen molar-refractivity contribution in [3.63, 3.8) is 0 Å². The molecular weight excluding hydrogens is 408 g/mol. The molecule has 1 aliphatic heterocycles. The Morgan fingerprint density at radius 3 is 2.23 bits per heavy atom. The highest BCUT2D eigenvalue weighted by Crippen LogP contribution is 2.23. The van der Waals surface area contributed by atoms with Crippen LogP contribution in [0.15, 0.2) is 22.2 Å². The highest BCUT2D eigenvalue weighted by atomic mass is 32.2. The molecule has 0 spiro atoms. The van der Waals surface area contributed by atoms with Crippen LogP contribution in [0.4, 0.5) is 4.79 Å². The third kappa shape index (κ3) is 6.48. The Hall–Kier alpha value is -2.56. The maximum absolute atomic E-state index is 12.7. The molecule has 30 heavy (non-hydrogen) atoms. The molecule has 170 valence electrons. The molecule has 0 radical (unpaired) electrons. The van der Waals surface area contributed by atoms with Gasteiger partial charge in [-0.2, -0.15) is 0 Å². The molecule has 0 unspecified atom stereocenters. The lowest BCUT2D eigenvalue weighted by Gasteiger charge is -2.32. The smallest absolute Gasteiger partial charge is 0.333 e. The second-order valence-corrected chi connectivity index (χ2v) is 10.1. The molecular formula is C19H34N6O4S. The van der Waals surface area contributed by atoms with Crippen molar-refractivity contribution >= 4 is 28.0 Å². The number of urea groups is 1. The average Bonchev–Trinajstić information content (AvgIpc) is 2.61. The molecule has 0 aliphatic carbocycles. The molecule has 0 saturated carbocycles. The number of carbonyl (C=O) groups excluding carboxylic acids is 1. The molecule has 1 saturated heterocycles. The van der Waals surface area contributed by atoms with Gasteiger partial charge in [-0.3, -0.25) is 0 Å². The minimum atomic E-state index is -4.38. The fraction of sp³-hybridized carbons (Fsp3) is 0.632. The first kappa shape index (κ1) is 25.5. The average molecular weight is 443 g/mol. The number of nitrogens with one attached hydrogen (secondary N) is 6. The zero-order chi connectivity index (χ0) is 23.3. The van der Waals surface area contributed by atoms with Crippen LogP contribution in [0, 0.1) is 28.1 Å². The fourth-order valence-corrected chi connectivity index (χ4v) is 3.63. The Morgan fingerprint density at radius 1 is 1.23 bits per heavy atom. The summed E-state index contributed by atoms with van der Waals surface area (Å²) in [5.41, 5.74) is 0.785. The van der Waals surface area contributed by atoms with E-state index in [4.69, 9.17) is 15.6 Å². The number of allylic oxidation sites excluding steroid dienone is 3. The zero-order valence-corrected chi connectivity index (χ0v) is 19.5. The normalized spacial score (nSPS) is 18.6. The van der Waals surface area contributed by atoms with Crippen molar-refractivity contribution in [3.05, 3.63) is 22.2 Å². The molecule has 0 aromatic carbocycles. The summed E-state index contributed by atoms with van der Waals surface area (Å²) in [6, 6.07) is -1.03. The minimum absolute atomic E-state index is 0.0385. The van der Waals surface area contributed by atoms with Crippen molar-refractivity contribution in [3.8, 4) is 0 Å². The van der Waals surface area contributed by atoms with Gasteiger partial charge in [0.15, 0.2) is 4.91 Å². The van der Waals surface area contributed by atoms with E-state index in [2.05, 4.69) is 16.0 Å². The maximum atomic E-state index is 12.7. The Morgan fingerprint density at radius 2 is 1.83 bits per heavy atom. The fourth-order valence-electron chi connectivity index (χ4n) is 2.70. The first-order valence-corrected chi connectivity index (χ1v) is 11.2. The van der Waals surface area contributed by atoms with Gasteiger partial charge >= 0.3 is 6.03 Å². The van der Waals surface area contributed by atoms with Gasteiger partial charge in [0.05, 0.1) is 18.0 Å². The van der Waals surface area contributed by atoms with E-state index in [9.17, 15) is 13.2 Å². The largest absolute Gasteiger partial charge is 0.478 e. The summed E-state index contributed by atoms with van der Waals surface area (Å²) >= 11 is 0. The molecule has 6 N–H and O–H groups in total. The van der Waals surface area contributed by atoms with E-state index in [0.717, 1.165) is 0 Å². The lowest BCUT2D eigenvalue weighted by atomic mass is 9.94. The van der Waals surface area contributed by atoms with E-state index in [1.54, 1.807) is 20.9 Å². The minimum Gasteiger partial charge on any atom is -0.478 e. The van der Waals surface area contributed by atoms with Gasteiger partial charge in [-0.25, -0.2) is 17.9 Å². The molecule has 1 heterocycles. The Kier molecular flexibility index (Phi) is 8.46. The van der Waals surface area contributed by atoms with Crippen LogP contribution >= 0.6 is 0 Å². The van der Waals surface area contributed by atoms with E-state index in [1.807, 2.05) is 32.4 Å². The predicted octanol–water partition coefficient (Wildman–Crippen LogP) is 1.84. The number of sulfonamides is 1. The molecule has 0 atom stereocenters. The maximum Gasteiger partial charge on any atom is 0.333 e. The molecule has 0 aromatic heterocycles. The summed E-state index contributed by atoms with van der Waals surface area (Å²) in [6.07, 6.45) is 0.621. The first-order chi connectivity index (χ1) is 13.8. The summed E-state index contributed by atoms with van der Waals surface area (Å²) in [4.78, 5) is 12.0. The number of amides is 2. The highest BCUT2D eigenvalue weighted by molar-refractivity contribution is 7.94.